The molecule has 0 amide bonds. The SMILES string of the molecule is Cc1cc(NC2CCc3ccccc32)cnc1Cl. The highest BCUT2D eigenvalue weighted by atomic mass is 35.5. The smallest absolute Gasteiger partial charge is 0.132 e. The second-order valence-corrected chi connectivity index (χ2v) is 5.12. The molecule has 0 fully saturated rings. The lowest BCUT2D eigenvalue weighted by molar-refractivity contribution is 0.761. The standard InChI is InChI=1S/C15H15ClN2/c1-10-8-12(9-17-15(10)16)18-14-7-6-11-4-2-3-5-13(11)14/h2-5,8-9,14,18H,6-7H2,1H3. The number of benzene rings is 1. The van der Waals surface area contributed by atoms with Crippen molar-refractivity contribution < 1.29 is 0 Å². The molecular weight excluding hydrogens is 244 g/mol. The van der Waals surface area contributed by atoms with Crippen LogP contribution in [0.15, 0.2) is 36.5 Å². The highest BCUT2D eigenvalue weighted by Gasteiger charge is 2.21. The van der Waals surface area contributed by atoms with Crippen LogP contribution >= 0.6 is 11.6 Å². The zero-order chi connectivity index (χ0) is 12.5. The first kappa shape index (κ1) is 11.5. The van der Waals surface area contributed by atoms with Crippen LogP contribution in [0.25, 0.3) is 0 Å². The van der Waals surface area contributed by atoms with Gasteiger partial charge in [0.15, 0.2) is 0 Å². The zero-order valence-corrected chi connectivity index (χ0v) is 11.0. The average molecular weight is 259 g/mol. The Morgan fingerprint density at radius 2 is 2.17 bits per heavy atom. The van der Waals surface area contributed by atoms with Gasteiger partial charge in [0, 0.05) is 0 Å². The van der Waals surface area contributed by atoms with Crippen LogP contribution in [0.1, 0.15) is 29.2 Å². The summed E-state index contributed by atoms with van der Waals surface area (Å²) in [6, 6.07) is 11.1. The molecule has 1 N–H and O–H groups in total. The van der Waals surface area contributed by atoms with Crippen LogP contribution in [0, 0.1) is 6.92 Å². The fourth-order valence-corrected chi connectivity index (χ4v) is 2.65. The summed E-state index contributed by atoms with van der Waals surface area (Å²) in [5, 5.41) is 4.12. The van der Waals surface area contributed by atoms with E-state index >= 15 is 0 Å². The minimum atomic E-state index is 0.392. The second kappa shape index (κ2) is 4.62. The first-order valence-electron chi connectivity index (χ1n) is 6.20. The van der Waals surface area contributed by atoms with Crippen molar-refractivity contribution in [1.29, 1.82) is 0 Å². The maximum Gasteiger partial charge on any atom is 0.132 e. The molecule has 0 saturated heterocycles. The number of halogens is 1. The summed E-state index contributed by atoms with van der Waals surface area (Å²) in [4.78, 5) is 4.18. The van der Waals surface area contributed by atoms with Crippen molar-refractivity contribution in [2.75, 3.05) is 5.32 Å². The lowest BCUT2D eigenvalue weighted by Crippen LogP contribution is -2.07. The number of hydrogen-bond acceptors (Lipinski definition) is 2. The van der Waals surface area contributed by atoms with Crippen molar-refractivity contribution in [2.24, 2.45) is 0 Å². The Morgan fingerprint density at radius 3 is 3.00 bits per heavy atom. The van der Waals surface area contributed by atoms with Crippen molar-refractivity contribution >= 4 is 17.3 Å². The van der Waals surface area contributed by atoms with E-state index < -0.39 is 0 Å². The number of nitrogens with zero attached hydrogens (tertiary/aromatic N) is 1. The molecule has 1 unspecified atom stereocenters. The maximum atomic E-state index is 5.94. The number of rotatable bonds is 2. The van der Waals surface area contributed by atoms with Crippen LogP contribution in [0.3, 0.4) is 0 Å². The van der Waals surface area contributed by atoms with Crippen LogP contribution < -0.4 is 5.32 Å². The molecule has 3 heteroatoms. The zero-order valence-electron chi connectivity index (χ0n) is 10.3. The second-order valence-electron chi connectivity index (χ2n) is 4.77. The van der Waals surface area contributed by atoms with E-state index in [1.165, 1.54) is 11.1 Å². The molecule has 1 aliphatic carbocycles. The van der Waals surface area contributed by atoms with Gasteiger partial charge in [-0.1, -0.05) is 35.9 Å². The van der Waals surface area contributed by atoms with Crippen molar-refractivity contribution in [3.63, 3.8) is 0 Å². The quantitative estimate of drug-likeness (QED) is 0.819. The fraction of sp³-hybridized carbons (Fsp3) is 0.267. The van der Waals surface area contributed by atoms with Crippen LogP contribution in [0.2, 0.25) is 5.15 Å². The average Bonchev–Trinajstić information content (AvgIpc) is 2.78. The molecule has 0 saturated carbocycles. The molecule has 18 heavy (non-hydrogen) atoms. The summed E-state index contributed by atoms with van der Waals surface area (Å²) in [6.07, 6.45) is 4.09. The van der Waals surface area contributed by atoms with Crippen molar-refractivity contribution in [1.82, 2.24) is 4.98 Å². The lowest BCUT2D eigenvalue weighted by Gasteiger charge is -2.15. The summed E-state index contributed by atoms with van der Waals surface area (Å²) in [5.41, 5.74) is 4.91. The predicted molar refractivity (Wildman–Crippen MR) is 75.1 cm³/mol. The van der Waals surface area contributed by atoms with E-state index in [9.17, 15) is 0 Å². The highest BCUT2D eigenvalue weighted by Crippen LogP contribution is 2.33. The molecule has 2 nitrogen and oxygen atoms in total. The topological polar surface area (TPSA) is 24.9 Å². The Labute approximate surface area is 112 Å². The predicted octanol–water partition coefficient (Wildman–Crippen LogP) is 4.14. The van der Waals surface area contributed by atoms with Gasteiger partial charge in [-0.2, -0.15) is 0 Å². The number of aryl methyl sites for hydroxylation is 2. The Bertz CT molecular complexity index is 580. The van der Waals surface area contributed by atoms with E-state index in [0.717, 1.165) is 24.1 Å². The fourth-order valence-electron chi connectivity index (χ4n) is 2.55. The summed E-state index contributed by atoms with van der Waals surface area (Å²) >= 11 is 5.94. The first-order valence-corrected chi connectivity index (χ1v) is 6.58. The molecule has 1 atom stereocenters. The van der Waals surface area contributed by atoms with Gasteiger partial charge < -0.3 is 5.32 Å². The van der Waals surface area contributed by atoms with Crippen molar-refractivity contribution in [3.05, 3.63) is 58.4 Å². The van der Waals surface area contributed by atoms with E-state index in [4.69, 9.17) is 11.6 Å². The summed E-state index contributed by atoms with van der Waals surface area (Å²) in [6.45, 7) is 1.98. The third-order valence-corrected chi connectivity index (χ3v) is 3.88. The van der Waals surface area contributed by atoms with E-state index in [-0.39, 0.29) is 0 Å². The van der Waals surface area contributed by atoms with Crippen LogP contribution in [-0.2, 0) is 6.42 Å². The Balaban J connectivity index is 1.84. The van der Waals surface area contributed by atoms with E-state index in [0.29, 0.717) is 11.2 Å². The molecule has 92 valence electrons. The van der Waals surface area contributed by atoms with Crippen LogP contribution in [0.4, 0.5) is 5.69 Å². The van der Waals surface area contributed by atoms with Gasteiger partial charge in [0.1, 0.15) is 5.15 Å². The van der Waals surface area contributed by atoms with Gasteiger partial charge in [-0.25, -0.2) is 4.98 Å². The van der Waals surface area contributed by atoms with E-state index in [2.05, 4.69) is 40.6 Å². The Kier molecular flexibility index (Phi) is 2.96. The number of aromatic nitrogens is 1. The lowest BCUT2D eigenvalue weighted by atomic mass is 10.1. The van der Waals surface area contributed by atoms with Gasteiger partial charge in [-0.05, 0) is 42.5 Å². The van der Waals surface area contributed by atoms with E-state index in [1.807, 2.05) is 6.92 Å². The summed E-state index contributed by atoms with van der Waals surface area (Å²) < 4.78 is 0. The van der Waals surface area contributed by atoms with Gasteiger partial charge >= 0.3 is 0 Å². The van der Waals surface area contributed by atoms with Crippen LogP contribution in [-0.4, -0.2) is 4.98 Å². The van der Waals surface area contributed by atoms with Gasteiger partial charge in [0.05, 0.1) is 17.9 Å². The third-order valence-electron chi connectivity index (χ3n) is 3.49. The van der Waals surface area contributed by atoms with Crippen LogP contribution in [0.5, 0.6) is 0 Å². The molecule has 3 rings (SSSR count). The van der Waals surface area contributed by atoms with Gasteiger partial charge in [0.25, 0.3) is 0 Å². The molecule has 0 aliphatic heterocycles. The number of nitrogens with one attached hydrogen (secondary N) is 1. The van der Waals surface area contributed by atoms with Gasteiger partial charge in [-0.15, -0.1) is 0 Å². The number of hydrogen-bond donors (Lipinski definition) is 1. The molecule has 0 radical (unpaired) electrons. The third kappa shape index (κ3) is 2.08. The molecule has 1 aromatic heterocycles. The number of pyridine rings is 1. The first-order chi connectivity index (χ1) is 8.74. The van der Waals surface area contributed by atoms with Gasteiger partial charge in [-0.3, -0.25) is 0 Å². The molecule has 0 bridgehead atoms. The maximum absolute atomic E-state index is 5.94. The summed E-state index contributed by atoms with van der Waals surface area (Å²) in [5.74, 6) is 0. The number of anilines is 1. The minimum absolute atomic E-state index is 0.392. The highest BCUT2D eigenvalue weighted by molar-refractivity contribution is 6.30. The number of fused-ring (bicyclic) bond motifs is 1. The molecule has 0 spiro atoms. The Hall–Kier alpha value is -1.54. The molecule has 1 aliphatic rings. The normalized spacial score (nSPS) is 17.6. The Morgan fingerprint density at radius 1 is 1.33 bits per heavy atom. The van der Waals surface area contributed by atoms with E-state index in [1.54, 1.807) is 6.20 Å². The molecule has 1 heterocycles. The minimum Gasteiger partial charge on any atom is -0.377 e. The van der Waals surface area contributed by atoms with Gasteiger partial charge in [0.2, 0.25) is 0 Å². The summed E-state index contributed by atoms with van der Waals surface area (Å²) in [7, 11) is 0. The molecule has 2 aromatic rings. The van der Waals surface area contributed by atoms with Crippen molar-refractivity contribution in [3.8, 4) is 0 Å². The van der Waals surface area contributed by atoms with Crippen molar-refractivity contribution in [2.45, 2.75) is 25.8 Å². The molecular formula is C15H15ClN2. The monoisotopic (exact) mass is 258 g/mol. The largest absolute Gasteiger partial charge is 0.377 e. The molecule has 1 aromatic carbocycles.